The van der Waals surface area contributed by atoms with Crippen LogP contribution in [0.1, 0.15) is 41.6 Å². The number of nitrogens with zero attached hydrogens (tertiary/aromatic N) is 2. The Morgan fingerprint density at radius 1 is 1.08 bits per heavy atom. The maximum absolute atomic E-state index is 13.7. The lowest BCUT2D eigenvalue weighted by molar-refractivity contribution is -0.137. The summed E-state index contributed by atoms with van der Waals surface area (Å²) >= 11 is 6.08. The number of rotatable bonds is 8. The van der Waals surface area contributed by atoms with Crippen LogP contribution >= 0.6 is 11.6 Å². The van der Waals surface area contributed by atoms with E-state index in [0.717, 1.165) is 39.7 Å². The summed E-state index contributed by atoms with van der Waals surface area (Å²) < 4.78 is 13.7. The summed E-state index contributed by atoms with van der Waals surface area (Å²) in [6.45, 7) is 1.17. The summed E-state index contributed by atoms with van der Waals surface area (Å²) in [7, 11) is 0. The van der Waals surface area contributed by atoms with Crippen LogP contribution in [0.2, 0.25) is 5.02 Å². The van der Waals surface area contributed by atoms with Crippen molar-refractivity contribution < 1.29 is 19.1 Å². The first kappa shape index (κ1) is 25.2. The average molecular weight is 519 g/mol. The number of carbonyl (C=O) groups is 2. The van der Waals surface area contributed by atoms with Crippen LogP contribution in [0.4, 0.5) is 4.39 Å². The Bertz CT molecular complexity index is 1390. The number of aryl methyl sites for hydroxylation is 1. The van der Waals surface area contributed by atoms with Gasteiger partial charge in [-0.2, -0.15) is 0 Å². The molecular weight excluding hydrogens is 491 g/mol. The third-order valence-electron chi connectivity index (χ3n) is 7.03. The molecule has 1 N–H and O–H groups in total. The van der Waals surface area contributed by atoms with E-state index in [4.69, 9.17) is 21.7 Å². The van der Waals surface area contributed by atoms with Gasteiger partial charge in [-0.25, -0.2) is 9.37 Å². The molecule has 1 amide bonds. The van der Waals surface area contributed by atoms with E-state index < -0.39 is 12.1 Å². The number of alkyl halides is 1. The molecular formula is C30H28ClFN2O3. The van der Waals surface area contributed by atoms with Crippen molar-refractivity contribution in [3.05, 3.63) is 88.5 Å². The Balaban J connectivity index is 1.37. The smallest absolute Gasteiger partial charge is 0.303 e. The maximum atomic E-state index is 13.7. The Morgan fingerprint density at radius 2 is 1.86 bits per heavy atom. The van der Waals surface area contributed by atoms with Crippen LogP contribution in [0, 0.1) is 5.92 Å². The molecule has 2 heterocycles. The standard InChI is InChI=1S/C30H28ClFN2O3/c31-25-11-8-19(9-12-25)29-21(4-1-2-7-28(35)36)14-23-15-22(10-13-27(23)33-29)30(37)34-17-24(18-34)20-5-3-6-26(32)16-20/h3,5,8-16,24,26H,1-2,4,6-7,17-18H2,(H,35,36). The normalized spacial score (nSPS) is 17.5. The molecule has 0 saturated carbocycles. The van der Waals surface area contributed by atoms with Crippen molar-refractivity contribution >= 4 is 34.4 Å². The number of unbranched alkanes of at least 4 members (excludes halogenated alkanes) is 1. The van der Waals surface area contributed by atoms with E-state index in [9.17, 15) is 14.0 Å². The largest absolute Gasteiger partial charge is 0.481 e. The number of pyridine rings is 1. The molecule has 2 aromatic carbocycles. The Kier molecular flexibility index (Phi) is 7.38. The Morgan fingerprint density at radius 3 is 2.59 bits per heavy atom. The number of carboxylic acid groups (broad SMARTS) is 1. The molecule has 0 bridgehead atoms. The maximum Gasteiger partial charge on any atom is 0.303 e. The number of amides is 1. The molecule has 1 aliphatic carbocycles. The highest BCUT2D eigenvalue weighted by Crippen LogP contribution is 2.31. The van der Waals surface area contributed by atoms with Crippen LogP contribution < -0.4 is 0 Å². The van der Waals surface area contributed by atoms with Gasteiger partial charge in [0.25, 0.3) is 5.91 Å². The van der Waals surface area contributed by atoms with Crippen molar-refractivity contribution in [3.63, 3.8) is 0 Å². The molecule has 5 rings (SSSR count). The van der Waals surface area contributed by atoms with Crippen molar-refractivity contribution in [2.75, 3.05) is 13.1 Å². The number of hydrogen-bond acceptors (Lipinski definition) is 3. The van der Waals surface area contributed by atoms with Gasteiger partial charge in [0.2, 0.25) is 0 Å². The summed E-state index contributed by atoms with van der Waals surface area (Å²) in [6, 6.07) is 15.1. The molecule has 1 unspecified atom stereocenters. The molecule has 0 radical (unpaired) electrons. The first-order valence-corrected chi connectivity index (χ1v) is 13.0. The number of carbonyl (C=O) groups excluding carboxylic acids is 1. The van der Waals surface area contributed by atoms with Gasteiger partial charge in [-0.15, -0.1) is 0 Å². The van der Waals surface area contributed by atoms with E-state index in [2.05, 4.69) is 6.07 Å². The summed E-state index contributed by atoms with van der Waals surface area (Å²) in [6.07, 6.45) is 7.10. The fourth-order valence-corrected chi connectivity index (χ4v) is 5.10. The van der Waals surface area contributed by atoms with Crippen LogP contribution in [-0.4, -0.2) is 46.1 Å². The molecule has 1 aromatic heterocycles. The van der Waals surface area contributed by atoms with Gasteiger partial charge >= 0.3 is 5.97 Å². The number of aromatic nitrogens is 1. The number of carboxylic acids is 1. The van der Waals surface area contributed by atoms with Crippen molar-refractivity contribution in [3.8, 4) is 11.3 Å². The van der Waals surface area contributed by atoms with Crippen LogP contribution in [0.25, 0.3) is 22.2 Å². The zero-order valence-corrected chi connectivity index (χ0v) is 21.1. The molecule has 37 heavy (non-hydrogen) atoms. The molecule has 5 nitrogen and oxygen atoms in total. The number of fused-ring (bicyclic) bond motifs is 1. The average Bonchev–Trinajstić information content (AvgIpc) is 2.85. The first-order valence-electron chi connectivity index (χ1n) is 12.6. The highest BCUT2D eigenvalue weighted by atomic mass is 35.5. The highest BCUT2D eigenvalue weighted by molar-refractivity contribution is 6.30. The predicted octanol–water partition coefficient (Wildman–Crippen LogP) is 6.65. The summed E-state index contributed by atoms with van der Waals surface area (Å²) in [5.41, 5.74) is 5.14. The lowest BCUT2D eigenvalue weighted by Gasteiger charge is -2.40. The molecule has 7 heteroatoms. The monoisotopic (exact) mass is 518 g/mol. The van der Waals surface area contributed by atoms with Crippen molar-refractivity contribution in [1.82, 2.24) is 9.88 Å². The number of benzene rings is 2. The predicted molar refractivity (Wildman–Crippen MR) is 144 cm³/mol. The Labute approximate surface area is 220 Å². The minimum atomic E-state index is -0.936. The van der Waals surface area contributed by atoms with E-state index in [1.807, 2.05) is 48.6 Å². The minimum absolute atomic E-state index is 0.0416. The van der Waals surface area contributed by atoms with E-state index in [-0.39, 0.29) is 18.2 Å². The Hall–Kier alpha value is -3.51. The van der Waals surface area contributed by atoms with E-state index in [0.29, 0.717) is 42.9 Å². The molecule has 1 fully saturated rings. The van der Waals surface area contributed by atoms with Crippen molar-refractivity contribution in [2.45, 2.75) is 38.3 Å². The molecule has 190 valence electrons. The lowest BCUT2D eigenvalue weighted by atomic mass is 9.87. The van der Waals surface area contributed by atoms with E-state index >= 15 is 0 Å². The minimum Gasteiger partial charge on any atom is -0.481 e. The summed E-state index contributed by atoms with van der Waals surface area (Å²) in [5.74, 6) is -0.661. The van der Waals surface area contributed by atoms with Gasteiger partial charge < -0.3 is 10.0 Å². The van der Waals surface area contributed by atoms with Gasteiger partial charge in [0.15, 0.2) is 0 Å². The number of halogens is 2. The third kappa shape index (κ3) is 5.75. The van der Waals surface area contributed by atoms with Gasteiger partial charge in [0, 0.05) is 53.4 Å². The number of likely N-dealkylation sites (tertiary alicyclic amines) is 1. The number of allylic oxidation sites excluding steroid dienone is 3. The zero-order chi connectivity index (χ0) is 25.9. The van der Waals surface area contributed by atoms with Crippen LogP contribution in [-0.2, 0) is 11.2 Å². The zero-order valence-electron chi connectivity index (χ0n) is 20.4. The van der Waals surface area contributed by atoms with E-state index in [1.54, 1.807) is 17.0 Å². The topological polar surface area (TPSA) is 70.5 Å². The van der Waals surface area contributed by atoms with E-state index in [1.165, 1.54) is 0 Å². The van der Waals surface area contributed by atoms with Gasteiger partial charge in [-0.3, -0.25) is 9.59 Å². The van der Waals surface area contributed by atoms with Gasteiger partial charge in [-0.1, -0.05) is 35.9 Å². The quantitative estimate of drug-likeness (QED) is 0.339. The first-order chi connectivity index (χ1) is 17.9. The molecule has 1 aliphatic heterocycles. The molecule has 1 saturated heterocycles. The van der Waals surface area contributed by atoms with Crippen LogP contribution in [0.3, 0.4) is 0 Å². The van der Waals surface area contributed by atoms with Crippen LogP contribution in [0.15, 0.2) is 72.3 Å². The number of aliphatic carboxylic acids is 1. The SMILES string of the molecule is O=C(O)CCCCc1cc2cc(C(=O)N3CC(C4=CC(F)CC=C4)C3)ccc2nc1-c1ccc(Cl)cc1. The fraction of sp³-hybridized carbons (Fsp3) is 0.300. The van der Waals surface area contributed by atoms with Crippen LogP contribution in [0.5, 0.6) is 0 Å². The van der Waals surface area contributed by atoms with Gasteiger partial charge in [-0.05, 0) is 72.9 Å². The third-order valence-corrected chi connectivity index (χ3v) is 7.28. The molecule has 3 aromatic rings. The lowest BCUT2D eigenvalue weighted by Crippen LogP contribution is -2.50. The van der Waals surface area contributed by atoms with Gasteiger partial charge in [0.05, 0.1) is 11.2 Å². The highest BCUT2D eigenvalue weighted by Gasteiger charge is 2.33. The van der Waals surface area contributed by atoms with Crippen molar-refractivity contribution in [2.24, 2.45) is 5.92 Å². The van der Waals surface area contributed by atoms with Gasteiger partial charge in [0.1, 0.15) is 6.17 Å². The fourth-order valence-electron chi connectivity index (χ4n) is 4.97. The van der Waals surface area contributed by atoms with Crippen molar-refractivity contribution in [1.29, 1.82) is 0 Å². The number of hydrogen-bond donors (Lipinski definition) is 1. The second kappa shape index (κ2) is 10.9. The molecule has 2 aliphatic rings. The summed E-state index contributed by atoms with van der Waals surface area (Å²) in [5, 5.41) is 10.5. The second-order valence-corrected chi connectivity index (χ2v) is 10.2. The second-order valence-electron chi connectivity index (χ2n) is 9.74. The molecule has 0 spiro atoms. The molecule has 1 atom stereocenters. The summed E-state index contributed by atoms with van der Waals surface area (Å²) in [4.78, 5) is 30.8.